The van der Waals surface area contributed by atoms with Crippen molar-refractivity contribution in [1.29, 1.82) is 0 Å². The molecule has 9 aliphatic carbocycles. The molecule has 12 nitrogen and oxygen atoms in total. The van der Waals surface area contributed by atoms with E-state index in [0.29, 0.717) is 36.7 Å². The Balaban J connectivity index is 1.15. The van der Waals surface area contributed by atoms with Crippen molar-refractivity contribution in [2.24, 2.45) is 75.4 Å². The second kappa shape index (κ2) is 17.2. The van der Waals surface area contributed by atoms with Gasteiger partial charge in [0.15, 0.2) is 11.6 Å². The number of rotatable bonds is 6. The molecule has 5 fully saturated rings. The van der Waals surface area contributed by atoms with E-state index in [-0.39, 0.29) is 92.2 Å². The third-order valence-corrected chi connectivity index (χ3v) is 20.6. The molecule has 20 unspecified atom stereocenters. The zero-order valence-electron chi connectivity index (χ0n) is 40.6. The molecule has 2 spiro atoms. The van der Waals surface area contributed by atoms with Gasteiger partial charge in [-0.1, -0.05) is 38.3 Å². The number of aromatic nitrogens is 1. The van der Waals surface area contributed by atoms with Crippen LogP contribution in [-0.4, -0.2) is 102 Å². The fourth-order valence-corrected chi connectivity index (χ4v) is 17.1. The van der Waals surface area contributed by atoms with Crippen LogP contribution in [0.25, 0.3) is 0 Å². The Kier molecular flexibility index (Phi) is 12.1. The lowest BCUT2D eigenvalue weighted by molar-refractivity contribution is -0.198. The van der Waals surface area contributed by atoms with Crippen molar-refractivity contribution in [1.82, 2.24) is 10.3 Å². The van der Waals surface area contributed by atoms with Gasteiger partial charge in [0.1, 0.15) is 6.04 Å². The number of hydrogen-bond acceptors (Lipinski definition) is 11. The zero-order valence-corrected chi connectivity index (χ0v) is 40.6. The Bertz CT molecular complexity index is 2380. The van der Waals surface area contributed by atoms with Crippen LogP contribution in [0, 0.1) is 99.1 Å². The molecule has 2 heterocycles. The molecule has 4 bridgehead atoms. The predicted molar refractivity (Wildman–Crippen MR) is 252 cm³/mol. The topological polar surface area (TPSA) is 210 Å². The number of carbonyl (C=O) groups excluding carboxylic acids is 3. The average Bonchev–Trinajstić information content (AvgIpc) is 4.02. The van der Waals surface area contributed by atoms with Gasteiger partial charge in [0.05, 0.1) is 59.8 Å². The van der Waals surface area contributed by atoms with Gasteiger partial charge in [-0.05, 0) is 149 Å². The van der Waals surface area contributed by atoms with Gasteiger partial charge in [0.25, 0.3) is 0 Å². The largest absolute Gasteiger partial charge is 0.465 e. The van der Waals surface area contributed by atoms with Crippen molar-refractivity contribution in [3.63, 3.8) is 0 Å². The first kappa shape index (κ1) is 47.9. The number of fused-ring (bicyclic) bond motifs is 8. The number of hydrogen-bond donors (Lipinski definition) is 8. The first-order valence-electron chi connectivity index (χ1n) is 25.9. The highest BCUT2D eigenvalue weighted by molar-refractivity contribution is 6.03. The van der Waals surface area contributed by atoms with E-state index in [0.717, 1.165) is 37.7 Å². The van der Waals surface area contributed by atoms with Gasteiger partial charge in [-0.25, -0.2) is 0 Å². The monoisotopic (exact) mass is 935 g/mol. The molecule has 1 saturated heterocycles. The Morgan fingerprint density at radius 1 is 0.971 bits per heavy atom. The third-order valence-electron chi connectivity index (χ3n) is 20.6. The molecule has 1 aromatic heterocycles. The number of H-pyrrole nitrogens is 1. The van der Waals surface area contributed by atoms with Gasteiger partial charge < -0.3 is 45.7 Å². The van der Waals surface area contributed by atoms with Gasteiger partial charge in [0.2, 0.25) is 0 Å². The van der Waals surface area contributed by atoms with Crippen LogP contribution in [0.4, 0.5) is 0 Å². The maximum absolute atomic E-state index is 15.6. The number of aliphatic hydroxyl groups is 6. The first-order chi connectivity index (χ1) is 32.3. The van der Waals surface area contributed by atoms with E-state index in [1.807, 2.05) is 25.4 Å². The molecule has 368 valence electrons. The number of aliphatic hydroxyl groups excluding tert-OH is 4. The number of carbonyl (C=O) groups is 3. The molecule has 68 heavy (non-hydrogen) atoms. The summed E-state index contributed by atoms with van der Waals surface area (Å²) >= 11 is 0. The molecule has 20 atom stereocenters. The van der Waals surface area contributed by atoms with Crippen molar-refractivity contribution in [3.05, 3.63) is 46.9 Å². The molecule has 10 aliphatic rings. The summed E-state index contributed by atoms with van der Waals surface area (Å²) in [6.45, 7) is 9.26. The number of nitrogens with one attached hydrogen (secondary N) is 2. The molecule has 0 radical (unpaired) electrons. The lowest BCUT2D eigenvalue weighted by Gasteiger charge is -2.65. The van der Waals surface area contributed by atoms with Gasteiger partial charge in [-0.15, -0.1) is 17.8 Å². The highest BCUT2D eigenvalue weighted by Crippen LogP contribution is 2.74. The summed E-state index contributed by atoms with van der Waals surface area (Å²) in [4.78, 5) is 45.5. The van der Waals surface area contributed by atoms with E-state index in [1.54, 1.807) is 6.92 Å². The van der Waals surface area contributed by atoms with Crippen LogP contribution in [0.5, 0.6) is 0 Å². The zero-order chi connectivity index (χ0) is 48.3. The number of esters is 1. The molecule has 1 aliphatic heterocycles. The second-order valence-electron chi connectivity index (χ2n) is 24.0. The minimum atomic E-state index is -1.81. The minimum Gasteiger partial charge on any atom is -0.465 e. The molecule has 8 N–H and O–H groups in total. The van der Waals surface area contributed by atoms with Crippen LogP contribution < -0.4 is 5.32 Å². The quantitative estimate of drug-likeness (QED) is 0.105. The molecule has 4 saturated carbocycles. The molecule has 1 aromatic rings. The maximum atomic E-state index is 15.6. The van der Waals surface area contributed by atoms with Crippen molar-refractivity contribution in [3.8, 4) is 23.7 Å². The Morgan fingerprint density at radius 2 is 1.74 bits per heavy atom. The van der Waals surface area contributed by atoms with E-state index in [4.69, 9.17) is 4.74 Å². The van der Waals surface area contributed by atoms with E-state index >= 15 is 4.79 Å². The Hall–Kier alpha value is -3.75. The highest BCUT2D eigenvalue weighted by atomic mass is 16.5. The van der Waals surface area contributed by atoms with Gasteiger partial charge in [-0.2, -0.15) is 0 Å². The SMILES string of the molecule is CC(=O)C(CO)NC1=C2C3CCC4(CC#CCC5(CC(O)C(O)CC35C)C1=O)C1C(CC#CC(C3COC(=O)C3c3cc[nH]c3)CC3C5CC(C)CCC5=CCC3C(C)CC(O)C1(C)O)CC24O. The molecular formula is C56H74N2O10. The normalized spacial score (nSPS) is 47.9. The summed E-state index contributed by atoms with van der Waals surface area (Å²) in [5.74, 6) is 11.8. The van der Waals surface area contributed by atoms with Gasteiger partial charge in [-0.3, -0.25) is 14.4 Å². The fourth-order valence-electron chi connectivity index (χ4n) is 17.1. The highest BCUT2D eigenvalue weighted by Gasteiger charge is 2.76. The molecular weight excluding hydrogens is 861 g/mol. The van der Waals surface area contributed by atoms with Crippen LogP contribution in [-0.2, 0) is 19.1 Å². The van der Waals surface area contributed by atoms with Crippen LogP contribution in [0.15, 0.2) is 41.4 Å². The van der Waals surface area contributed by atoms with E-state index in [9.17, 15) is 40.2 Å². The number of ketones is 2. The van der Waals surface area contributed by atoms with Crippen LogP contribution in [0.2, 0.25) is 0 Å². The lowest BCUT2D eigenvalue weighted by atomic mass is 9.39. The van der Waals surface area contributed by atoms with Crippen molar-refractivity contribution >= 4 is 17.5 Å². The number of aromatic amines is 1. The lowest BCUT2D eigenvalue weighted by Crippen LogP contribution is -2.69. The summed E-state index contributed by atoms with van der Waals surface area (Å²) in [5, 5.41) is 76.9. The number of ether oxygens (including phenoxy) is 1. The molecule has 0 amide bonds. The summed E-state index contributed by atoms with van der Waals surface area (Å²) < 4.78 is 5.90. The maximum Gasteiger partial charge on any atom is 0.313 e. The van der Waals surface area contributed by atoms with Crippen molar-refractivity contribution < 1.29 is 49.8 Å². The van der Waals surface area contributed by atoms with Crippen LogP contribution in [0.3, 0.4) is 0 Å². The Morgan fingerprint density at radius 3 is 2.47 bits per heavy atom. The first-order valence-corrected chi connectivity index (χ1v) is 25.9. The number of cyclic esters (lactones) is 1. The van der Waals surface area contributed by atoms with E-state index in [1.165, 1.54) is 12.5 Å². The van der Waals surface area contributed by atoms with Crippen molar-refractivity contribution in [2.45, 2.75) is 166 Å². The fraction of sp³-hybridized carbons (Fsp3) is 0.732. The average molecular weight is 935 g/mol. The van der Waals surface area contributed by atoms with Crippen LogP contribution >= 0.6 is 0 Å². The molecule has 12 heteroatoms. The number of Topliss-reactive ketones (excluding diaryl/α,β-unsaturated/α-hetero) is 2. The number of allylic oxidation sites excluding steroid dienone is 3. The Labute approximate surface area is 401 Å². The summed E-state index contributed by atoms with van der Waals surface area (Å²) in [6.07, 6.45) is 9.34. The summed E-state index contributed by atoms with van der Waals surface area (Å²) in [6, 6.07) is 0.791. The smallest absolute Gasteiger partial charge is 0.313 e. The summed E-state index contributed by atoms with van der Waals surface area (Å²) in [5.41, 5.74) is -4.12. The van der Waals surface area contributed by atoms with E-state index < -0.39 is 87.9 Å². The molecule has 11 rings (SSSR count). The van der Waals surface area contributed by atoms with Gasteiger partial charge in [0, 0.05) is 54.8 Å². The third kappa shape index (κ3) is 7.03. The second-order valence-corrected chi connectivity index (χ2v) is 24.0. The van der Waals surface area contributed by atoms with Gasteiger partial charge >= 0.3 is 5.97 Å². The predicted octanol–water partition coefficient (Wildman–Crippen LogP) is 5.27. The minimum absolute atomic E-state index is 0.0127. The van der Waals surface area contributed by atoms with Crippen molar-refractivity contribution in [2.75, 3.05) is 13.2 Å². The van der Waals surface area contributed by atoms with Crippen LogP contribution in [0.1, 0.15) is 136 Å². The summed E-state index contributed by atoms with van der Waals surface area (Å²) in [7, 11) is 0. The standard InChI is InChI=1S/C56H74N2O10/c1-30-11-12-33-13-14-37-31(2)22-45(63)53(5,66)49-35(10-8-9-34(23-39(37)38(33)21-30)40-29-68-51(65)46(40)36-16-20-57-27-36)24-56(67)47-41-15-19-54(49,56)17-6-7-18-55(26-44(62)43(61)25-52(41,55)4)50(64)48(47)58-42(28-59)32(3)60/h13,16,20,27,30-31,34-35,37-46,49,57-59,61-63,66-67H,10-12,14-15,17-19,21-26,28-29H2,1-5H3. The van der Waals surface area contributed by atoms with E-state index in [2.05, 4.69) is 53.9 Å². The molecule has 0 aromatic carbocycles.